The van der Waals surface area contributed by atoms with Crippen molar-refractivity contribution in [3.63, 3.8) is 0 Å². The van der Waals surface area contributed by atoms with Crippen LogP contribution in [0.4, 0.5) is 10.5 Å². The number of benzene rings is 1. The first-order chi connectivity index (χ1) is 13.5. The molecule has 0 bridgehead atoms. The van der Waals surface area contributed by atoms with Crippen LogP contribution in [-0.2, 0) is 14.8 Å². The monoisotopic (exact) mass is 427 g/mol. The Kier molecular flexibility index (Phi) is 7.51. The summed E-state index contributed by atoms with van der Waals surface area (Å²) in [6, 6.07) is 6.05. The summed E-state index contributed by atoms with van der Waals surface area (Å²) in [6.45, 7) is 10.00. The van der Waals surface area contributed by atoms with E-state index in [-0.39, 0.29) is 37.4 Å². The van der Waals surface area contributed by atoms with E-state index < -0.39 is 10.0 Å². The zero-order chi connectivity index (χ0) is 21.8. The van der Waals surface area contributed by atoms with Crippen molar-refractivity contribution in [2.24, 2.45) is 0 Å². The Hall–Kier alpha value is -2.29. The Labute approximate surface area is 174 Å². The van der Waals surface area contributed by atoms with Crippen LogP contribution in [0, 0.1) is 0 Å². The highest BCUT2D eigenvalue weighted by Gasteiger charge is 2.36. The van der Waals surface area contributed by atoms with Gasteiger partial charge in [0, 0.05) is 25.8 Å². The summed E-state index contributed by atoms with van der Waals surface area (Å²) >= 11 is 0. The molecule has 8 nitrogen and oxygen atoms in total. The van der Waals surface area contributed by atoms with Crippen LogP contribution < -0.4 is 4.72 Å². The summed E-state index contributed by atoms with van der Waals surface area (Å²) in [5, 5.41) is 0. The highest BCUT2D eigenvalue weighted by molar-refractivity contribution is 7.92. The Morgan fingerprint density at radius 3 is 2.21 bits per heavy atom. The third-order valence-electron chi connectivity index (χ3n) is 4.63. The predicted molar refractivity (Wildman–Crippen MR) is 115 cm³/mol. The van der Waals surface area contributed by atoms with Crippen molar-refractivity contribution in [1.29, 1.82) is 0 Å². The summed E-state index contributed by atoms with van der Waals surface area (Å²) in [4.78, 5) is 28.6. The van der Waals surface area contributed by atoms with Gasteiger partial charge in [0.15, 0.2) is 0 Å². The summed E-state index contributed by atoms with van der Waals surface area (Å²) in [5.41, 5.74) is 0.902. The highest BCUT2D eigenvalue weighted by atomic mass is 32.2. The number of nitrogens with zero attached hydrogens (tertiary/aromatic N) is 2. The van der Waals surface area contributed by atoms with Crippen LogP contribution in [0.25, 0.3) is 0 Å². The standard InChI is InChI=1S/C20H31N3O5S.H2/c1-6-11-29(26,27)21-18-9-7-17(8-10-18)19(24)22-12-15(4)23(16(5)13-22)20(25)28-14(2)3;/h7-10,14-16,21H,6,11-13H2,1-5H3;1H/t15-,16+;. The number of amides is 2. The Morgan fingerprint density at radius 1 is 1.17 bits per heavy atom. The lowest BCUT2D eigenvalue weighted by Crippen LogP contribution is -2.60. The second-order valence-corrected chi connectivity index (χ2v) is 9.59. The van der Waals surface area contributed by atoms with Crippen LogP contribution in [0.1, 0.15) is 52.8 Å². The number of hydrogen-bond acceptors (Lipinski definition) is 5. The van der Waals surface area contributed by atoms with Crippen LogP contribution >= 0.6 is 0 Å². The van der Waals surface area contributed by atoms with Crippen LogP contribution in [-0.4, -0.2) is 67.2 Å². The van der Waals surface area contributed by atoms with Gasteiger partial charge in [-0.15, -0.1) is 0 Å². The molecule has 2 amide bonds. The van der Waals surface area contributed by atoms with Gasteiger partial charge in [-0.1, -0.05) is 6.92 Å². The van der Waals surface area contributed by atoms with Crippen LogP contribution in [0.3, 0.4) is 0 Å². The molecule has 1 fully saturated rings. The van der Waals surface area contributed by atoms with Crippen molar-refractivity contribution in [2.45, 2.75) is 59.2 Å². The number of hydrogen-bond donors (Lipinski definition) is 1. The maximum atomic E-state index is 12.9. The lowest BCUT2D eigenvalue weighted by atomic mass is 10.1. The molecule has 0 aromatic heterocycles. The molecule has 0 saturated carbocycles. The van der Waals surface area contributed by atoms with Gasteiger partial charge < -0.3 is 9.64 Å². The van der Waals surface area contributed by atoms with Crippen LogP contribution in [0.15, 0.2) is 24.3 Å². The molecule has 1 heterocycles. The second-order valence-electron chi connectivity index (χ2n) is 7.75. The molecule has 0 radical (unpaired) electrons. The topological polar surface area (TPSA) is 96.0 Å². The fourth-order valence-electron chi connectivity index (χ4n) is 3.47. The molecule has 2 atom stereocenters. The first-order valence-corrected chi connectivity index (χ1v) is 11.6. The molecule has 1 aliphatic rings. The van der Waals surface area contributed by atoms with E-state index in [1.807, 2.05) is 13.8 Å². The van der Waals surface area contributed by atoms with Gasteiger partial charge in [-0.3, -0.25) is 14.4 Å². The molecule has 0 aliphatic carbocycles. The maximum absolute atomic E-state index is 12.9. The molecule has 0 unspecified atom stereocenters. The number of sulfonamides is 1. The minimum absolute atomic E-state index is 0. The highest BCUT2D eigenvalue weighted by Crippen LogP contribution is 2.20. The molecule has 1 N–H and O–H groups in total. The zero-order valence-electron chi connectivity index (χ0n) is 17.7. The van der Waals surface area contributed by atoms with Gasteiger partial charge in [-0.25, -0.2) is 13.2 Å². The van der Waals surface area contributed by atoms with Crippen molar-refractivity contribution in [1.82, 2.24) is 9.80 Å². The quantitative estimate of drug-likeness (QED) is 0.752. The SMILES string of the molecule is CCCS(=O)(=O)Nc1ccc(C(=O)N2C[C@@H](C)N(C(=O)OC(C)C)[C@@H](C)C2)cc1.[HH]. The Balaban J connectivity index is 0.00000450. The summed E-state index contributed by atoms with van der Waals surface area (Å²) < 4.78 is 31.5. The lowest BCUT2D eigenvalue weighted by molar-refractivity contribution is 0.0124. The zero-order valence-corrected chi connectivity index (χ0v) is 18.5. The van der Waals surface area contributed by atoms with E-state index in [0.717, 1.165) is 0 Å². The van der Waals surface area contributed by atoms with Gasteiger partial charge >= 0.3 is 6.09 Å². The average molecular weight is 428 g/mol. The summed E-state index contributed by atoms with van der Waals surface area (Å²) in [5.74, 6) is -0.101. The molecular formula is C20H33N3O5S. The molecule has 2 rings (SSSR count). The number of piperazine rings is 1. The Bertz CT molecular complexity index is 817. The maximum Gasteiger partial charge on any atom is 0.410 e. The van der Waals surface area contributed by atoms with E-state index in [9.17, 15) is 18.0 Å². The molecule has 1 aliphatic heterocycles. The molecule has 1 saturated heterocycles. The predicted octanol–water partition coefficient (Wildman–Crippen LogP) is 3.16. The van der Waals surface area contributed by atoms with E-state index in [1.165, 1.54) is 0 Å². The molecule has 0 spiro atoms. The van der Waals surface area contributed by atoms with Gasteiger partial charge in [0.05, 0.1) is 23.9 Å². The van der Waals surface area contributed by atoms with Crippen LogP contribution in [0.2, 0.25) is 0 Å². The molecular weight excluding hydrogens is 394 g/mol. The van der Waals surface area contributed by atoms with E-state index in [0.29, 0.717) is 30.8 Å². The first-order valence-electron chi connectivity index (χ1n) is 9.92. The number of carbonyl (C=O) groups is 2. The van der Waals surface area contributed by atoms with Gasteiger partial charge in [0.25, 0.3) is 5.91 Å². The Morgan fingerprint density at radius 2 is 1.72 bits per heavy atom. The molecule has 164 valence electrons. The molecule has 1 aromatic carbocycles. The molecule has 1 aromatic rings. The summed E-state index contributed by atoms with van der Waals surface area (Å²) in [6.07, 6.45) is -0.0375. The van der Waals surface area contributed by atoms with Crippen molar-refractivity contribution < 1.29 is 24.2 Å². The third kappa shape index (κ3) is 6.09. The van der Waals surface area contributed by atoms with Crippen LogP contribution in [0.5, 0.6) is 0 Å². The number of rotatable bonds is 6. The van der Waals surface area contributed by atoms with Gasteiger partial charge in [0.1, 0.15) is 0 Å². The molecule has 9 heteroatoms. The van der Waals surface area contributed by atoms with E-state index in [2.05, 4.69) is 4.72 Å². The normalized spacial score (nSPS) is 19.9. The minimum atomic E-state index is -3.37. The number of carbonyl (C=O) groups excluding carboxylic acids is 2. The number of ether oxygens (including phenoxy) is 1. The second kappa shape index (κ2) is 9.47. The van der Waals surface area contributed by atoms with E-state index in [4.69, 9.17) is 4.74 Å². The van der Waals surface area contributed by atoms with Gasteiger partial charge in [-0.05, 0) is 58.4 Å². The van der Waals surface area contributed by atoms with E-state index in [1.54, 1.807) is 54.8 Å². The number of anilines is 1. The van der Waals surface area contributed by atoms with Gasteiger partial charge in [-0.2, -0.15) is 0 Å². The fraction of sp³-hybridized carbons (Fsp3) is 0.600. The smallest absolute Gasteiger partial charge is 0.410 e. The molecule has 29 heavy (non-hydrogen) atoms. The fourth-order valence-corrected chi connectivity index (χ4v) is 4.61. The largest absolute Gasteiger partial charge is 0.447 e. The van der Waals surface area contributed by atoms with Crippen molar-refractivity contribution in [3.05, 3.63) is 29.8 Å². The van der Waals surface area contributed by atoms with Crippen molar-refractivity contribution in [3.8, 4) is 0 Å². The lowest BCUT2D eigenvalue weighted by Gasteiger charge is -2.43. The first kappa shape index (κ1) is 23.0. The minimum Gasteiger partial charge on any atom is -0.447 e. The van der Waals surface area contributed by atoms with Crippen molar-refractivity contribution in [2.75, 3.05) is 23.6 Å². The average Bonchev–Trinajstić information content (AvgIpc) is 2.60. The number of nitrogens with one attached hydrogen (secondary N) is 1. The van der Waals surface area contributed by atoms with Gasteiger partial charge in [0.2, 0.25) is 10.0 Å². The van der Waals surface area contributed by atoms with Crippen molar-refractivity contribution >= 4 is 27.7 Å². The summed E-state index contributed by atoms with van der Waals surface area (Å²) in [7, 11) is -3.37. The van der Waals surface area contributed by atoms with E-state index >= 15 is 0 Å². The third-order valence-corrected chi connectivity index (χ3v) is 6.12.